The van der Waals surface area contributed by atoms with Gasteiger partial charge in [0.15, 0.2) is 0 Å². The van der Waals surface area contributed by atoms with Crippen LogP contribution in [0.4, 0.5) is 0 Å². The van der Waals surface area contributed by atoms with Crippen LogP contribution >= 0.6 is 0 Å². The number of allylic oxidation sites excluding steroid dienone is 3. The maximum absolute atomic E-state index is 13.4. The summed E-state index contributed by atoms with van der Waals surface area (Å²) in [7, 11) is 3.75. The molecule has 6 N–H and O–H groups in total. The summed E-state index contributed by atoms with van der Waals surface area (Å²) in [6.45, 7) is 3.28. The van der Waals surface area contributed by atoms with E-state index in [0.717, 1.165) is 31.2 Å². The van der Waals surface area contributed by atoms with Crippen LogP contribution in [0.25, 0.3) is 6.08 Å². The maximum Gasteiger partial charge on any atom is 0.321 e. The highest BCUT2D eigenvalue weighted by Crippen LogP contribution is 2.40. The number of hydrogen-bond donors (Lipinski definition) is 6. The van der Waals surface area contributed by atoms with Crippen molar-refractivity contribution in [3.63, 3.8) is 0 Å². The zero-order chi connectivity index (χ0) is 38.6. The summed E-state index contributed by atoms with van der Waals surface area (Å²) in [5.74, 6) is -2.64. The van der Waals surface area contributed by atoms with Gasteiger partial charge in [-0.3, -0.25) is 45.0 Å². The molecule has 3 rings (SSSR count). The van der Waals surface area contributed by atoms with Crippen LogP contribution in [0.3, 0.4) is 0 Å². The number of hydrogen-bond acceptors (Lipinski definition) is 12. The predicted molar refractivity (Wildman–Crippen MR) is 196 cm³/mol. The van der Waals surface area contributed by atoms with Gasteiger partial charge in [0.25, 0.3) is 17.7 Å². The third-order valence-corrected chi connectivity index (χ3v) is 9.29. The maximum atomic E-state index is 13.4. The van der Waals surface area contributed by atoms with Gasteiger partial charge in [-0.25, -0.2) is 16.3 Å². The van der Waals surface area contributed by atoms with E-state index in [1.54, 1.807) is 0 Å². The Bertz CT molecular complexity index is 1530. The highest BCUT2D eigenvalue weighted by Gasteiger charge is 2.33. The van der Waals surface area contributed by atoms with Crippen LogP contribution in [-0.4, -0.2) is 76.6 Å². The molecule has 1 aromatic rings. The van der Waals surface area contributed by atoms with Crippen molar-refractivity contribution in [2.24, 2.45) is 23.7 Å². The van der Waals surface area contributed by atoms with Crippen LogP contribution in [0.1, 0.15) is 56.9 Å². The van der Waals surface area contributed by atoms with Crippen LogP contribution in [0.5, 0.6) is 0 Å². The second kappa shape index (κ2) is 22.7. The first-order valence-corrected chi connectivity index (χ1v) is 17.7. The average Bonchev–Trinajstić information content (AvgIpc) is 3.15. The molecule has 0 unspecified atom stereocenters. The van der Waals surface area contributed by atoms with E-state index in [1.165, 1.54) is 21.3 Å². The lowest BCUT2D eigenvalue weighted by Crippen LogP contribution is -2.43. The lowest BCUT2D eigenvalue weighted by atomic mass is 9.70. The van der Waals surface area contributed by atoms with Crippen molar-refractivity contribution in [2.45, 2.75) is 51.4 Å². The Morgan fingerprint density at radius 2 is 1.23 bits per heavy atom. The van der Waals surface area contributed by atoms with Gasteiger partial charge < -0.3 is 14.2 Å². The molecule has 15 heteroatoms. The number of esters is 3. The Morgan fingerprint density at radius 3 is 1.77 bits per heavy atom. The van der Waals surface area contributed by atoms with E-state index in [0.29, 0.717) is 41.9 Å². The minimum Gasteiger partial charge on any atom is -0.468 e. The first-order valence-electron chi connectivity index (χ1n) is 17.7. The highest BCUT2D eigenvalue weighted by molar-refractivity contribution is 5.95. The van der Waals surface area contributed by atoms with E-state index < -0.39 is 29.7 Å². The number of carbonyl (C=O) groups is 6. The molecule has 1 aromatic carbocycles. The van der Waals surface area contributed by atoms with Gasteiger partial charge in [0.05, 0.1) is 21.3 Å². The summed E-state index contributed by atoms with van der Waals surface area (Å²) < 4.78 is 13.8. The second-order valence-electron chi connectivity index (χ2n) is 12.9. The van der Waals surface area contributed by atoms with Gasteiger partial charge in [-0.2, -0.15) is 0 Å². The van der Waals surface area contributed by atoms with Gasteiger partial charge in [-0.15, -0.1) is 0 Å². The van der Waals surface area contributed by atoms with Crippen LogP contribution in [0, 0.1) is 23.7 Å². The molecule has 2 aliphatic carbocycles. The number of nitrogens with one attached hydrogen (secondary N) is 6. The molecule has 2 fully saturated rings. The summed E-state index contributed by atoms with van der Waals surface area (Å²) in [6, 6.07) is 10.1. The lowest BCUT2D eigenvalue weighted by molar-refractivity contribution is -0.140. The van der Waals surface area contributed by atoms with Crippen molar-refractivity contribution in [3.05, 3.63) is 77.4 Å². The average molecular weight is 737 g/mol. The molecule has 2 aliphatic rings. The van der Waals surface area contributed by atoms with Crippen molar-refractivity contribution >= 4 is 41.7 Å². The molecule has 288 valence electrons. The van der Waals surface area contributed by atoms with E-state index in [1.807, 2.05) is 30.4 Å². The van der Waals surface area contributed by atoms with Gasteiger partial charge in [0, 0.05) is 16.7 Å². The molecule has 15 nitrogen and oxygen atoms in total. The van der Waals surface area contributed by atoms with Crippen LogP contribution in [0.2, 0.25) is 0 Å². The SMILES string of the molecule is C=C(C(=O)NNCC(=O)OC)C1CC(/C=C(/CC/C=C(/C(=O)NNCC(=O)OC)C2CCC(/C=C\c3ccccc3)CC2)C(=O)NNCC(=O)OC)C1. The van der Waals surface area contributed by atoms with E-state index in [-0.39, 0.29) is 49.7 Å². The summed E-state index contributed by atoms with van der Waals surface area (Å²) in [4.78, 5) is 73.7. The van der Waals surface area contributed by atoms with Gasteiger partial charge >= 0.3 is 17.9 Å². The van der Waals surface area contributed by atoms with Crippen molar-refractivity contribution in [1.82, 2.24) is 32.6 Å². The number of carbonyl (C=O) groups excluding carboxylic acids is 6. The topological polar surface area (TPSA) is 202 Å². The Hall–Kier alpha value is -5.12. The first kappa shape index (κ1) is 42.3. The third-order valence-electron chi connectivity index (χ3n) is 9.29. The van der Waals surface area contributed by atoms with E-state index in [4.69, 9.17) is 0 Å². The van der Waals surface area contributed by atoms with Crippen LogP contribution in [-0.2, 0) is 43.0 Å². The molecule has 0 spiro atoms. The Kier molecular flexibility index (Phi) is 18.1. The largest absolute Gasteiger partial charge is 0.468 e. The first-order chi connectivity index (χ1) is 25.5. The monoisotopic (exact) mass is 736 g/mol. The Labute approximate surface area is 310 Å². The number of methoxy groups -OCH3 is 3. The molecule has 0 atom stereocenters. The fourth-order valence-corrected chi connectivity index (χ4v) is 6.13. The standard InChI is InChI=1S/C38H52N6O9/c1-25(36(48)42-39-22-33(45)51-2)31-20-28(21-31)19-30(37(49)43-40-23-34(46)52-3)11-8-12-32(38(50)44-41-24-35(47)53-4)29-17-15-27(16-18-29)14-13-26-9-6-5-7-10-26/h5-7,9-10,12-14,19,27-29,31,39-41H,1,8,11,15-18,20-24H2,2-4H3,(H,42,48)(H,43,49)(H,44,50)/b14-13-,30-19-,32-12+. The minimum atomic E-state index is -0.555. The summed E-state index contributed by atoms with van der Waals surface area (Å²) in [5.41, 5.74) is 17.8. The molecule has 0 saturated heterocycles. The van der Waals surface area contributed by atoms with Gasteiger partial charge in [0.1, 0.15) is 19.6 Å². The zero-order valence-electron chi connectivity index (χ0n) is 30.7. The molecule has 3 amide bonds. The van der Waals surface area contributed by atoms with Crippen molar-refractivity contribution in [2.75, 3.05) is 41.0 Å². The molecule has 2 saturated carbocycles. The molecule has 0 aliphatic heterocycles. The van der Waals surface area contributed by atoms with Crippen molar-refractivity contribution in [1.29, 1.82) is 0 Å². The molecule has 0 bridgehead atoms. The number of benzene rings is 1. The van der Waals surface area contributed by atoms with E-state index in [2.05, 4.69) is 77.6 Å². The van der Waals surface area contributed by atoms with E-state index in [9.17, 15) is 28.8 Å². The summed E-state index contributed by atoms with van der Waals surface area (Å²) in [6.07, 6.45) is 13.2. The van der Waals surface area contributed by atoms with Crippen LogP contribution in [0.15, 0.2) is 71.9 Å². The zero-order valence-corrected chi connectivity index (χ0v) is 30.7. The second-order valence-corrected chi connectivity index (χ2v) is 12.9. The van der Waals surface area contributed by atoms with E-state index >= 15 is 0 Å². The molecule has 0 radical (unpaired) electrons. The quantitative estimate of drug-likeness (QED) is 0.0494. The fraction of sp³-hybridized carbons (Fsp3) is 0.474. The molecule has 0 aromatic heterocycles. The molecular weight excluding hydrogens is 684 g/mol. The van der Waals surface area contributed by atoms with Gasteiger partial charge in [-0.05, 0) is 80.6 Å². The number of rotatable bonds is 20. The van der Waals surface area contributed by atoms with Gasteiger partial charge in [-0.1, -0.05) is 61.2 Å². The molecule has 53 heavy (non-hydrogen) atoms. The normalized spacial score (nSPS) is 20.1. The third kappa shape index (κ3) is 14.8. The molecule has 0 heterocycles. The summed E-state index contributed by atoms with van der Waals surface area (Å²) >= 11 is 0. The van der Waals surface area contributed by atoms with Crippen molar-refractivity contribution in [3.8, 4) is 0 Å². The lowest BCUT2D eigenvalue weighted by Gasteiger charge is -2.34. The summed E-state index contributed by atoms with van der Waals surface area (Å²) in [5, 5.41) is 0. The van der Waals surface area contributed by atoms with Crippen LogP contribution < -0.4 is 32.6 Å². The van der Waals surface area contributed by atoms with Crippen molar-refractivity contribution < 1.29 is 43.0 Å². The van der Waals surface area contributed by atoms with Gasteiger partial charge in [0.2, 0.25) is 0 Å². The highest BCUT2D eigenvalue weighted by atomic mass is 16.5. The minimum absolute atomic E-state index is 0.0223. The number of amides is 3. The smallest absolute Gasteiger partial charge is 0.321 e. The Morgan fingerprint density at radius 1 is 0.698 bits per heavy atom. The number of hydrazine groups is 3. The number of ether oxygens (including phenoxy) is 3. The fourth-order valence-electron chi connectivity index (χ4n) is 6.13. The Balaban J connectivity index is 1.69. The molecular formula is C38H52N6O9. The predicted octanol–water partition coefficient (Wildman–Crippen LogP) is 2.10.